The van der Waals surface area contributed by atoms with Gasteiger partial charge in [0.05, 0.1) is 12.6 Å². The van der Waals surface area contributed by atoms with Crippen LogP contribution in [0.25, 0.3) is 11.1 Å². The normalized spacial score (nSPS) is 26.6. The second kappa shape index (κ2) is 9.12. The first kappa shape index (κ1) is 24.1. The molecule has 0 N–H and O–H groups in total. The molecule has 4 aliphatic rings. The van der Waals surface area contributed by atoms with Gasteiger partial charge < -0.3 is 24.4 Å². The van der Waals surface area contributed by atoms with Gasteiger partial charge in [-0.25, -0.2) is 4.39 Å². The molecular weight excluding hydrogens is 443 g/mol. The van der Waals surface area contributed by atoms with Gasteiger partial charge in [-0.2, -0.15) is 0 Å². The fraction of sp³-hybridized carbons (Fsp3) is 0.552. The zero-order valence-electron chi connectivity index (χ0n) is 21.2. The first-order chi connectivity index (χ1) is 16.6. The number of nitrogens with zero attached hydrogens (tertiary/aromatic N) is 2. The van der Waals surface area contributed by atoms with Crippen LogP contribution in [0.3, 0.4) is 0 Å². The standard InChI is InChI=1S/C29H37FN2O3/c1-18(2)17-35-24-13-21(12-23(30)14-24)20-5-6-25-22(11-20)15-29(3,4)27(25)32(28(33)34)26-16-31-9-7-19(26)8-10-31/h5-6,11-14,18-19,26-27H,7-10,15-17H2,1-4H3,(H,33,34)/p-1/t26-,27+/m1/s1. The number of halogens is 1. The monoisotopic (exact) mass is 479 g/mol. The molecule has 2 aromatic rings. The number of fused-ring (bicyclic) bond motifs is 4. The molecule has 0 radical (unpaired) electrons. The van der Waals surface area contributed by atoms with E-state index in [0.29, 0.717) is 24.2 Å². The van der Waals surface area contributed by atoms with E-state index in [-0.39, 0.29) is 23.3 Å². The molecule has 0 aromatic heterocycles. The molecule has 2 bridgehead atoms. The minimum absolute atomic E-state index is 0.0266. The van der Waals surface area contributed by atoms with E-state index in [1.54, 1.807) is 4.90 Å². The van der Waals surface area contributed by atoms with Crippen LogP contribution in [-0.4, -0.2) is 48.2 Å². The maximum atomic E-state index is 14.4. The zero-order chi connectivity index (χ0) is 24.9. The predicted octanol–water partition coefficient (Wildman–Crippen LogP) is 4.89. The lowest BCUT2D eigenvalue weighted by Crippen LogP contribution is -2.62. The highest BCUT2D eigenvalue weighted by Gasteiger charge is 2.48. The maximum absolute atomic E-state index is 14.4. The topological polar surface area (TPSA) is 55.8 Å². The highest BCUT2D eigenvalue weighted by Crippen LogP contribution is 2.51. The van der Waals surface area contributed by atoms with Gasteiger partial charge in [-0.3, -0.25) is 0 Å². The Hall–Kier alpha value is -2.60. The molecule has 3 saturated heterocycles. The van der Waals surface area contributed by atoms with Gasteiger partial charge in [0.2, 0.25) is 0 Å². The van der Waals surface area contributed by atoms with Gasteiger partial charge in [-0.05, 0) is 84.0 Å². The van der Waals surface area contributed by atoms with Crippen LogP contribution < -0.4 is 9.84 Å². The number of hydrogen-bond acceptors (Lipinski definition) is 4. The van der Waals surface area contributed by atoms with Crippen molar-refractivity contribution in [3.8, 4) is 16.9 Å². The molecule has 5 nitrogen and oxygen atoms in total. The summed E-state index contributed by atoms with van der Waals surface area (Å²) in [6.07, 6.45) is 1.79. The summed E-state index contributed by atoms with van der Waals surface area (Å²) in [5.41, 5.74) is 3.59. The van der Waals surface area contributed by atoms with E-state index in [0.717, 1.165) is 61.2 Å². The quantitative estimate of drug-likeness (QED) is 0.592. The van der Waals surface area contributed by atoms with Crippen molar-refractivity contribution in [2.24, 2.45) is 17.3 Å². The Morgan fingerprint density at radius 3 is 2.54 bits per heavy atom. The van der Waals surface area contributed by atoms with Crippen LogP contribution in [0.15, 0.2) is 36.4 Å². The first-order valence-electron chi connectivity index (χ1n) is 12.9. The number of ether oxygens (including phenoxy) is 1. The number of carbonyl (C=O) groups is 1. The van der Waals surface area contributed by atoms with Gasteiger partial charge in [0.25, 0.3) is 0 Å². The molecule has 3 aliphatic heterocycles. The summed E-state index contributed by atoms with van der Waals surface area (Å²) >= 11 is 0. The minimum Gasteiger partial charge on any atom is -0.530 e. The van der Waals surface area contributed by atoms with Crippen molar-refractivity contribution in [3.63, 3.8) is 0 Å². The molecule has 1 amide bonds. The number of amides is 1. The Morgan fingerprint density at radius 2 is 1.91 bits per heavy atom. The Bertz CT molecular complexity index is 1110. The van der Waals surface area contributed by atoms with Crippen molar-refractivity contribution in [1.82, 2.24) is 9.80 Å². The second-order valence-corrected chi connectivity index (χ2v) is 11.7. The molecular formula is C29H36FN2O3-. The first-order valence-corrected chi connectivity index (χ1v) is 12.9. The van der Waals surface area contributed by atoms with Crippen LogP contribution >= 0.6 is 0 Å². The Morgan fingerprint density at radius 1 is 1.17 bits per heavy atom. The molecule has 6 heteroatoms. The molecule has 0 unspecified atom stereocenters. The average Bonchev–Trinajstić information content (AvgIpc) is 3.07. The smallest absolute Gasteiger partial charge is 0.137 e. The average molecular weight is 480 g/mol. The molecule has 3 fully saturated rings. The number of hydrogen-bond donors (Lipinski definition) is 0. The minimum atomic E-state index is -1.07. The Balaban J connectivity index is 1.48. The molecule has 35 heavy (non-hydrogen) atoms. The third-order valence-corrected chi connectivity index (χ3v) is 8.08. The van der Waals surface area contributed by atoms with E-state index in [1.165, 1.54) is 12.1 Å². The van der Waals surface area contributed by atoms with Crippen molar-refractivity contribution in [1.29, 1.82) is 0 Å². The van der Waals surface area contributed by atoms with Crippen LogP contribution in [0.2, 0.25) is 0 Å². The summed E-state index contributed by atoms with van der Waals surface area (Å²) < 4.78 is 20.2. The summed E-state index contributed by atoms with van der Waals surface area (Å²) in [7, 11) is 0. The van der Waals surface area contributed by atoms with E-state index in [1.807, 2.05) is 18.2 Å². The number of benzene rings is 2. The lowest BCUT2D eigenvalue weighted by Gasteiger charge is -2.53. The van der Waals surface area contributed by atoms with Crippen LogP contribution in [0.4, 0.5) is 9.18 Å². The Kier molecular flexibility index (Phi) is 6.28. The Labute approximate surface area is 207 Å². The molecule has 2 aromatic carbocycles. The van der Waals surface area contributed by atoms with Crippen molar-refractivity contribution in [3.05, 3.63) is 53.3 Å². The maximum Gasteiger partial charge on any atom is 0.137 e. The third-order valence-electron chi connectivity index (χ3n) is 8.08. The van der Waals surface area contributed by atoms with Crippen molar-refractivity contribution in [2.45, 2.75) is 59.0 Å². The summed E-state index contributed by atoms with van der Waals surface area (Å²) in [5, 5.41) is 12.6. The number of carboxylic acid groups (broad SMARTS) is 1. The molecule has 1 aliphatic carbocycles. The van der Waals surface area contributed by atoms with E-state index < -0.39 is 6.09 Å². The zero-order valence-corrected chi connectivity index (χ0v) is 21.2. The molecule has 2 atom stereocenters. The molecule has 0 saturated carbocycles. The van der Waals surface area contributed by atoms with Crippen molar-refractivity contribution < 1.29 is 19.0 Å². The van der Waals surface area contributed by atoms with Crippen molar-refractivity contribution in [2.75, 3.05) is 26.2 Å². The predicted molar refractivity (Wildman–Crippen MR) is 133 cm³/mol. The van der Waals surface area contributed by atoms with Gasteiger partial charge in [0.1, 0.15) is 17.7 Å². The largest absolute Gasteiger partial charge is 0.530 e. The third kappa shape index (κ3) is 4.65. The van der Waals surface area contributed by atoms with Gasteiger partial charge in [0, 0.05) is 18.7 Å². The second-order valence-electron chi connectivity index (χ2n) is 11.7. The highest BCUT2D eigenvalue weighted by molar-refractivity contribution is 5.69. The van der Waals surface area contributed by atoms with Gasteiger partial charge in [-0.15, -0.1) is 0 Å². The van der Waals surface area contributed by atoms with Crippen LogP contribution in [0, 0.1) is 23.1 Å². The molecule has 3 heterocycles. The SMILES string of the molecule is CC(C)COc1cc(F)cc(-c2ccc3c(c2)CC(C)(C)[C@H]3N(C(=O)[O-])[C@@H]2CN3CCC2CC3)c1. The lowest BCUT2D eigenvalue weighted by atomic mass is 9.79. The van der Waals surface area contributed by atoms with Crippen LogP contribution in [-0.2, 0) is 6.42 Å². The van der Waals surface area contributed by atoms with E-state index >= 15 is 0 Å². The molecule has 0 spiro atoms. The van der Waals surface area contributed by atoms with Crippen LogP contribution in [0.1, 0.15) is 57.7 Å². The number of rotatable bonds is 6. The lowest BCUT2D eigenvalue weighted by molar-refractivity contribution is -0.276. The van der Waals surface area contributed by atoms with Crippen molar-refractivity contribution >= 4 is 6.09 Å². The molecule has 6 rings (SSSR count). The van der Waals surface area contributed by atoms with Crippen LogP contribution in [0.5, 0.6) is 5.75 Å². The van der Waals surface area contributed by atoms with Gasteiger partial charge >= 0.3 is 0 Å². The summed E-state index contributed by atoms with van der Waals surface area (Å²) in [6.45, 7) is 11.9. The highest BCUT2D eigenvalue weighted by atomic mass is 19.1. The van der Waals surface area contributed by atoms with E-state index in [9.17, 15) is 14.3 Å². The molecule has 188 valence electrons. The van der Waals surface area contributed by atoms with Gasteiger partial charge in [-0.1, -0.05) is 45.9 Å². The number of carbonyl (C=O) groups excluding carboxylic acids is 1. The van der Waals surface area contributed by atoms with E-state index in [2.05, 4.69) is 38.7 Å². The fourth-order valence-electron chi connectivity index (χ4n) is 6.50. The van der Waals surface area contributed by atoms with E-state index in [4.69, 9.17) is 4.74 Å². The summed E-state index contributed by atoms with van der Waals surface area (Å²) in [4.78, 5) is 16.6. The number of piperidine rings is 3. The fourth-order valence-corrected chi connectivity index (χ4v) is 6.50. The summed E-state index contributed by atoms with van der Waals surface area (Å²) in [6, 6.07) is 10.7. The van der Waals surface area contributed by atoms with Gasteiger partial charge in [0.15, 0.2) is 0 Å². The summed E-state index contributed by atoms with van der Waals surface area (Å²) in [5.74, 6) is 0.945.